The first-order valence-electron chi connectivity index (χ1n) is 17.3. The Morgan fingerprint density at radius 1 is 0.608 bits per heavy atom. The first-order chi connectivity index (χ1) is 22.8. The molecule has 0 spiro atoms. The Kier molecular flexibility index (Phi) is 12.3. The molecule has 2 N–H and O–H groups in total. The quantitative estimate of drug-likeness (QED) is 0.300. The van der Waals surface area contributed by atoms with E-state index in [1.807, 2.05) is 0 Å². The summed E-state index contributed by atoms with van der Waals surface area (Å²) in [4.78, 5) is 0. The van der Waals surface area contributed by atoms with Crippen LogP contribution in [0.2, 0.25) is 0 Å². The Balaban J connectivity index is 0.000000612. The number of nitrogens with zero attached hydrogens (tertiary/aromatic N) is 2. The van der Waals surface area contributed by atoms with Crippen molar-refractivity contribution in [2.24, 2.45) is 0 Å². The van der Waals surface area contributed by atoms with E-state index in [0.717, 1.165) is 50.2 Å². The predicted molar refractivity (Wildman–Crippen MR) is 184 cm³/mol. The molecule has 2 fully saturated rings. The van der Waals surface area contributed by atoms with Gasteiger partial charge in [0.25, 0.3) is 0 Å². The van der Waals surface area contributed by atoms with Crippen molar-refractivity contribution in [3.8, 4) is 11.5 Å². The van der Waals surface area contributed by atoms with Crippen LogP contribution in [0.25, 0.3) is 0 Å². The van der Waals surface area contributed by atoms with Crippen molar-refractivity contribution in [2.45, 2.75) is 161 Å². The van der Waals surface area contributed by atoms with Crippen molar-refractivity contribution in [1.29, 1.82) is 0 Å². The van der Waals surface area contributed by atoms with Crippen molar-refractivity contribution in [3.63, 3.8) is 0 Å². The molecule has 1 aliphatic heterocycles. The Labute approximate surface area is 305 Å². The van der Waals surface area contributed by atoms with Crippen LogP contribution in [0.1, 0.15) is 142 Å². The number of aromatic hydroxyl groups is 2. The van der Waals surface area contributed by atoms with E-state index in [9.17, 15) is 41.7 Å². The molecule has 2 aromatic rings. The summed E-state index contributed by atoms with van der Waals surface area (Å²) in [6.07, 6.45) is -6.87. The molecule has 1 heterocycles. The van der Waals surface area contributed by atoms with E-state index in [0.29, 0.717) is 23.6 Å². The van der Waals surface area contributed by atoms with Crippen LogP contribution in [0.5, 0.6) is 11.5 Å². The predicted octanol–water partition coefficient (Wildman–Crippen LogP) is 8.93. The van der Waals surface area contributed by atoms with Crippen molar-refractivity contribution in [2.75, 3.05) is 0 Å². The van der Waals surface area contributed by atoms with Gasteiger partial charge in [0.05, 0.1) is 6.10 Å². The fraction of sp³-hybridized carbons (Fsp3) is 0.641. The van der Waals surface area contributed by atoms with Gasteiger partial charge in [-0.05, 0) is 0 Å². The number of hydrogen-bond acceptors (Lipinski definition) is 3. The summed E-state index contributed by atoms with van der Waals surface area (Å²) in [6, 6.07) is 9.47. The van der Waals surface area contributed by atoms with Crippen molar-refractivity contribution < 1.29 is 64.0 Å². The zero-order valence-electron chi connectivity index (χ0n) is 31.8. The Bertz CT molecular complexity index is 1520. The molecule has 2 aliphatic rings. The van der Waals surface area contributed by atoms with Crippen molar-refractivity contribution in [3.05, 3.63) is 57.6 Å². The largest absolute Gasteiger partial charge is 0.839 e. The number of phenols is 2. The molecule has 289 valence electrons. The number of halogens is 6. The number of fused-ring (bicyclic) bond motifs is 1. The number of benzene rings is 2. The average molecular weight is 773 g/mol. The monoisotopic (exact) mass is 772 g/mol. The molecule has 4 rings (SSSR count). The van der Waals surface area contributed by atoms with Gasteiger partial charge in [-0.1, -0.05) is 0 Å². The molecule has 2 atom stereocenters. The maximum absolute atomic E-state index is 11.5. The molecule has 1 aliphatic carbocycles. The second-order valence-corrected chi connectivity index (χ2v) is 19.1. The molecule has 0 bridgehead atoms. The Hall–Kier alpha value is -2.57. The second kappa shape index (κ2) is 14.7. The van der Waals surface area contributed by atoms with Crippen LogP contribution >= 0.6 is 0 Å². The maximum Gasteiger partial charge on any atom is 0.385 e. The smallest absolute Gasteiger partial charge is 0.385 e. The molecule has 51 heavy (non-hydrogen) atoms. The second-order valence-electron chi connectivity index (χ2n) is 17.8. The van der Waals surface area contributed by atoms with Gasteiger partial charge in [-0.2, -0.15) is 26.3 Å². The molecule has 0 aromatic heterocycles. The van der Waals surface area contributed by atoms with E-state index in [1.54, 1.807) is 0 Å². The van der Waals surface area contributed by atoms with Gasteiger partial charge in [-0.15, -0.1) is 0 Å². The molecule has 0 unspecified atom stereocenters. The Morgan fingerprint density at radius 3 is 1.16 bits per heavy atom. The first-order valence-corrected chi connectivity index (χ1v) is 18.2. The molecule has 5 nitrogen and oxygen atoms in total. The van der Waals surface area contributed by atoms with Gasteiger partial charge in [-0.3, -0.25) is 0 Å². The SMILES string of the molecule is CC(C)(C)c1cc(C=[N+]2[Co][N+](=Cc3cc(C(C)(C)C)cc(C(C)(C)C)c3O)[C@@H]3CCCC[C@H]32)c(O)c(C(C)(C)C)c1.[O-]C(C(F)(F)F)C(F)(F)F. The van der Waals surface area contributed by atoms with Crippen LogP contribution in [0.15, 0.2) is 24.3 Å². The third kappa shape index (κ3) is 10.5. The maximum atomic E-state index is 11.5. The van der Waals surface area contributed by atoms with Gasteiger partial charge in [-0.25, -0.2) is 0 Å². The van der Waals surface area contributed by atoms with E-state index in [4.69, 9.17) is 0 Å². The third-order valence-electron chi connectivity index (χ3n) is 9.19. The minimum Gasteiger partial charge on any atom is -0.839 e. The zero-order valence-corrected chi connectivity index (χ0v) is 32.9. The molecule has 2 aromatic carbocycles. The van der Waals surface area contributed by atoms with E-state index < -0.39 is 18.5 Å². The normalized spacial score (nSPS) is 21.0. The zero-order chi connectivity index (χ0) is 39.3. The molecule has 12 heteroatoms. The van der Waals surface area contributed by atoms with Crippen LogP contribution in [0.3, 0.4) is 0 Å². The standard InChI is InChI=1S/C36H54N2O2.C3HF6O.Co/c1-33(2,3)25-17-23(31(39)27(19-25)35(7,8)9)21-37-29-15-13-14-16-30(29)38-22-24-18-26(34(4,5)6)20-28(32(24)40)36(10,11)12;4-2(5,6)1(10)3(7,8)9;/h17-22,29-30,39-40H,13-16H2,1-12H3;1H;/q;-1;+2/t29-,30-;;/m1../s1. The fourth-order valence-electron chi connectivity index (χ4n) is 6.02. The van der Waals surface area contributed by atoms with E-state index >= 15 is 0 Å². The van der Waals surface area contributed by atoms with Gasteiger partial charge in [0.15, 0.2) is 0 Å². The van der Waals surface area contributed by atoms with Gasteiger partial charge in [0, 0.05) is 0 Å². The average Bonchev–Trinajstić information content (AvgIpc) is 3.28. The minimum absolute atomic E-state index is 0.0216. The molecular formula is C39H55CoF6N2O3+. The summed E-state index contributed by atoms with van der Waals surface area (Å²) in [6.45, 7) is 26.4. The molecule has 1 saturated heterocycles. The van der Waals surface area contributed by atoms with Gasteiger partial charge in [0.2, 0.25) is 0 Å². The third-order valence-corrected chi connectivity index (χ3v) is 10.6. The topological polar surface area (TPSA) is 69.5 Å². The molecular weight excluding hydrogens is 717 g/mol. The summed E-state index contributed by atoms with van der Waals surface area (Å²) in [5, 5.41) is 32.3. The van der Waals surface area contributed by atoms with Gasteiger partial charge < -0.3 is 5.11 Å². The van der Waals surface area contributed by atoms with Crippen LogP contribution in [-0.2, 0) is 36.8 Å². The summed E-state index contributed by atoms with van der Waals surface area (Å²) >= 11 is 1.10. The summed E-state index contributed by atoms with van der Waals surface area (Å²) in [5.74, 6) is 0.778. The molecule has 1 saturated carbocycles. The van der Waals surface area contributed by atoms with Crippen LogP contribution in [0, 0.1) is 0 Å². The van der Waals surface area contributed by atoms with Crippen molar-refractivity contribution >= 4 is 12.4 Å². The van der Waals surface area contributed by atoms with E-state index in [1.165, 1.54) is 24.0 Å². The summed E-state index contributed by atoms with van der Waals surface area (Å²) < 4.78 is 70.3. The van der Waals surface area contributed by atoms with Crippen LogP contribution < -0.4 is 5.11 Å². The van der Waals surface area contributed by atoms with E-state index in [-0.39, 0.29) is 21.7 Å². The van der Waals surface area contributed by atoms with E-state index in [2.05, 4.69) is 127 Å². The fourth-order valence-corrected chi connectivity index (χ4v) is 7.64. The number of alkyl halides is 6. The number of hydrogen-bond donors (Lipinski definition) is 2. The first kappa shape index (κ1) is 42.8. The van der Waals surface area contributed by atoms with Crippen molar-refractivity contribution in [1.82, 2.24) is 0 Å². The van der Waals surface area contributed by atoms with Crippen LogP contribution in [-0.4, -0.2) is 60.4 Å². The minimum atomic E-state index is -5.74. The van der Waals surface area contributed by atoms with Crippen LogP contribution in [0.4, 0.5) is 26.3 Å². The molecule has 0 radical (unpaired) electrons. The summed E-state index contributed by atoms with van der Waals surface area (Å²) in [7, 11) is 0. The molecule has 0 amide bonds. The van der Waals surface area contributed by atoms with Gasteiger partial charge in [0.1, 0.15) is 0 Å². The van der Waals surface area contributed by atoms with Gasteiger partial charge >= 0.3 is 269 Å². The summed E-state index contributed by atoms with van der Waals surface area (Å²) in [5.41, 5.74) is 5.89. The number of phenolic OH excluding ortho intramolecular Hbond substituents is 2. The Morgan fingerprint density at radius 2 is 0.922 bits per heavy atom. The number of rotatable bonds is 2.